The van der Waals surface area contributed by atoms with E-state index in [9.17, 15) is 18.0 Å². The molecule has 0 saturated heterocycles. The largest absolute Gasteiger partial charge is 0.417 e. The average molecular weight is 364 g/mol. The summed E-state index contributed by atoms with van der Waals surface area (Å²) in [6.45, 7) is 2.03. The van der Waals surface area contributed by atoms with E-state index in [-0.39, 0.29) is 11.7 Å². The third-order valence-corrected chi connectivity index (χ3v) is 4.95. The normalized spacial score (nSPS) is 11.7. The van der Waals surface area contributed by atoms with Crippen LogP contribution >= 0.6 is 11.3 Å². The van der Waals surface area contributed by atoms with Gasteiger partial charge in [-0.2, -0.15) is 13.2 Å². The Labute approximate surface area is 146 Å². The van der Waals surface area contributed by atoms with Gasteiger partial charge in [0.25, 0.3) is 5.91 Å². The van der Waals surface area contributed by atoms with Gasteiger partial charge in [0.1, 0.15) is 5.82 Å². The summed E-state index contributed by atoms with van der Waals surface area (Å²) in [5.74, 6) is -0.255. The zero-order valence-corrected chi connectivity index (χ0v) is 14.2. The van der Waals surface area contributed by atoms with E-state index in [0.717, 1.165) is 40.6 Å². The third kappa shape index (κ3) is 3.66. The van der Waals surface area contributed by atoms with E-state index >= 15 is 0 Å². The van der Waals surface area contributed by atoms with Crippen LogP contribution in [-0.2, 0) is 12.6 Å². The fraction of sp³-hybridized carbons (Fsp3) is 0.222. The van der Waals surface area contributed by atoms with Gasteiger partial charge in [0.05, 0.1) is 10.4 Å². The Morgan fingerprint density at radius 3 is 2.60 bits per heavy atom. The van der Waals surface area contributed by atoms with Gasteiger partial charge in [0.2, 0.25) is 0 Å². The first-order chi connectivity index (χ1) is 11.9. The Hall–Kier alpha value is -2.41. The second kappa shape index (κ2) is 6.84. The Morgan fingerprint density at radius 1 is 1.20 bits per heavy atom. The van der Waals surface area contributed by atoms with Crippen LogP contribution in [0.15, 0.2) is 42.6 Å². The Kier molecular flexibility index (Phi) is 4.76. The molecule has 1 aromatic carbocycles. The number of thiophene rings is 1. The molecule has 0 spiro atoms. The molecular weight excluding hydrogens is 349 g/mol. The first-order valence-electron chi connectivity index (χ1n) is 7.75. The van der Waals surface area contributed by atoms with E-state index in [4.69, 9.17) is 0 Å². The maximum absolute atomic E-state index is 12.6. The molecule has 0 fully saturated rings. The van der Waals surface area contributed by atoms with Crippen molar-refractivity contribution in [2.45, 2.75) is 25.9 Å². The first kappa shape index (κ1) is 17.4. The number of aryl methyl sites for hydroxylation is 1. The van der Waals surface area contributed by atoms with Gasteiger partial charge < -0.3 is 5.32 Å². The summed E-state index contributed by atoms with van der Waals surface area (Å²) in [5, 5.41) is 3.63. The molecule has 1 N–H and O–H groups in total. The standard InChI is InChI=1S/C18H15F3N2OS/c1-2-5-13-12-6-3-4-7-14(12)25-16(13)17(24)23-15-9-8-11(10-22-15)18(19,20)21/h3-4,6-10H,2,5H2,1H3,(H,22,23,24). The van der Waals surface area contributed by atoms with Crippen LogP contribution in [0.4, 0.5) is 19.0 Å². The number of nitrogens with one attached hydrogen (secondary N) is 1. The van der Waals surface area contributed by atoms with Gasteiger partial charge in [-0.3, -0.25) is 4.79 Å². The highest BCUT2D eigenvalue weighted by Crippen LogP contribution is 2.33. The lowest BCUT2D eigenvalue weighted by Gasteiger charge is -2.08. The lowest BCUT2D eigenvalue weighted by molar-refractivity contribution is -0.137. The van der Waals surface area contributed by atoms with Crippen molar-refractivity contribution in [3.63, 3.8) is 0 Å². The molecule has 3 nitrogen and oxygen atoms in total. The highest BCUT2D eigenvalue weighted by Gasteiger charge is 2.30. The van der Waals surface area contributed by atoms with Crippen LogP contribution in [0, 0.1) is 0 Å². The minimum absolute atomic E-state index is 0.0953. The van der Waals surface area contributed by atoms with Gasteiger partial charge in [0.15, 0.2) is 0 Å². The SMILES string of the molecule is CCCc1c(C(=O)Nc2ccc(C(F)(F)F)cn2)sc2ccccc12. The molecule has 0 saturated carbocycles. The number of benzene rings is 1. The third-order valence-electron chi connectivity index (χ3n) is 3.74. The fourth-order valence-corrected chi connectivity index (χ4v) is 3.74. The number of anilines is 1. The van der Waals surface area contributed by atoms with Crippen LogP contribution in [0.25, 0.3) is 10.1 Å². The molecular formula is C18H15F3N2OS. The lowest BCUT2D eigenvalue weighted by Crippen LogP contribution is -2.14. The van der Waals surface area contributed by atoms with Gasteiger partial charge in [-0.05, 0) is 35.6 Å². The van der Waals surface area contributed by atoms with Gasteiger partial charge in [-0.25, -0.2) is 4.98 Å². The topological polar surface area (TPSA) is 42.0 Å². The van der Waals surface area contributed by atoms with Crippen molar-refractivity contribution < 1.29 is 18.0 Å². The maximum Gasteiger partial charge on any atom is 0.417 e. The van der Waals surface area contributed by atoms with Gasteiger partial charge >= 0.3 is 6.18 Å². The van der Waals surface area contributed by atoms with Crippen LogP contribution in [0.3, 0.4) is 0 Å². The Bertz CT molecular complexity index is 901. The van der Waals surface area contributed by atoms with Crippen LogP contribution in [-0.4, -0.2) is 10.9 Å². The first-order valence-corrected chi connectivity index (χ1v) is 8.56. The highest BCUT2D eigenvalue weighted by molar-refractivity contribution is 7.21. The number of fused-ring (bicyclic) bond motifs is 1. The highest BCUT2D eigenvalue weighted by atomic mass is 32.1. The summed E-state index contributed by atoms with van der Waals surface area (Å²) < 4.78 is 38.7. The number of hydrogen-bond acceptors (Lipinski definition) is 3. The molecule has 2 heterocycles. The van der Waals surface area contributed by atoms with Crippen LogP contribution < -0.4 is 5.32 Å². The molecule has 0 aliphatic rings. The quantitative estimate of drug-likeness (QED) is 0.662. The van der Waals surface area contributed by atoms with E-state index in [0.29, 0.717) is 11.1 Å². The molecule has 25 heavy (non-hydrogen) atoms. The van der Waals surface area contributed by atoms with Gasteiger partial charge in [-0.1, -0.05) is 31.5 Å². The van der Waals surface area contributed by atoms with Crippen molar-refractivity contribution in [1.82, 2.24) is 4.98 Å². The van der Waals surface area contributed by atoms with Crippen molar-refractivity contribution in [3.05, 3.63) is 58.6 Å². The second-order valence-electron chi connectivity index (χ2n) is 5.54. The minimum atomic E-state index is -4.45. The van der Waals surface area contributed by atoms with Gasteiger partial charge in [-0.15, -0.1) is 11.3 Å². The number of nitrogens with zero attached hydrogens (tertiary/aromatic N) is 1. The van der Waals surface area contributed by atoms with Gasteiger partial charge in [0, 0.05) is 10.9 Å². The summed E-state index contributed by atoms with van der Waals surface area (Å²) in [7, 11) is 0. The average Bonchev–Trinajstić information content (AvgIpc) is 2.94. The number of amides is 1. The fourth-order valence-electron chi connectivity index (χ4n) is 2.59. The van der Waals surface area contributed by atoms with E-state index in [1.165, 1.54) is 11.3 Å². The molecule has 0 aliphatic carbocycles. The number of hydrogen-bond donors (Lipinski definition) is 1. The minimum Gasteiger partial charge on any atom is -0.306 e. The van der Waals surface area contributed by atoms with Crippen molar-refractivity contribution in [2.24, 2.45) is 0 Å². The zero-order valence-electron chi connectivity index (χ0n) is 13.4. The molecule has 0 aliphatic heterocycles. The van der Waals surface area contributed by atoms with Crippen molar-refractivity contribution >= 4 is 33.1 Å². The Balaban J connectivity index is 1.88. The number of rotatable bonds is 4. The summed E-state index contributed by atoms with van der Waals surface area (Å²) in [5.41, 5.74) is 0.117. The number of alkyl halides is 3. The molecule has 3 aromatic rings. The summed E-state index contributed by atoms with van der Waals surface area (Å²) in [6, 6.07) is 9.82. The van der Waals surface area contributed by atoms with Crippen LogP contribution in [0.2, 0.25) is 0 Å². The molecule has 3 rings (SSSR count). The molecule has 2 aromatic heterocycles. The van der Waals surface area contributed by atoms with Crippen LogP contribution in [0.5, 0.6) is 0 Å². The van der Waals surface area contributed by atoms with E-state index < -0.39 is 11.7 Å². The predicted molar refractivity (Wildman–Crippen MR) is 93.0 cm³/mol. The van der Waals surface area contributed by atoms with Crippen molar-refractivity contribution in [1.29, 1.82) is 0 Å². The molecule has 1 amide bonds. The zero-order chi connectivity index (χ0) is 18.0. The number of carbonyl (C=O) groups is 1. The predicted octanol–water partition coefficient (Wildman–Crippen LogP) is 5.52. The number of carbonyl (C=O) groups excluding carboxylic acids is 1. The molecule has 130 valence electrons. The van der Waals surface area contributed by atoms with Crippen molar-refractivity contribution in [3.8, 4) is 0 Å². The maximum atomic E-state index is 12.6. The molecule has 0 radical (unpaired) electrons. The summed E-state index contributed by atoms with van der Waals surface area (Å²) >= 11 is 1.38. The van der Waals surface area contributed by atoms with E-state index in [1.54, 1.807) is 0 Å². The molecule has 0 unspecified atom stereocenters. The monoisotopic (exact) mass is 364 g/mol. The number of aromatic nitrogens is 1. The molecule has 0 bridgehead atoms. The molecule has 0 atom stereocenters. The van der Waals surface area contributed by atoms with E-state index in [2.05, 4.69) is 10.3 Å². The number of pyridine rings is 1. The molecule has 7 heteroatoms. The Morgan fingerprint density at radius 2 is 1.96 bits per heavy atom. The lowest BCUT2D eigenvalue weighted by atomic mass is 10.1. The van der Waals surface area contributed by atoms with Crippen molar-refractivity contribution in [2.75, 3.05) is 5.32 Å². The van der Waals surface area contributed by atoms with E-state index in [1.807, 2.05) is 31.2 Å². The smallest absolute Gasteiger partial charge is 0.306 e. The summed E-state index contributed by atoms with van der Waals surface area (Å²) in [4.78, 5) is 16.9. The second-order valence-corrected chi connectivity index (χ2v) is 6.59. The van der Waals surface area contributed by atoms with Crippen LogP contribution in [0.1, 0.15) is 34.1 Å². The number of halogens is 3. The summed E-state index contributed by atoms with van der Waals surface area (Å²) in [6.07, 6.45) is -2.09.